The van der Waals surface area contributed by atoms with E-state index in [0.717, 1.165) is 0 Å². The van der Waals surface area contributed by atoms with Crippen molar-refractivity contribution in [3.8, 4) is 11.3 Å². The molecule has 1 aromatic carbocycles. The summed E-state index contributed by atoms with van der Waals surface area (Å²) in [6.07, 6.45) is 0. The minimum atomic E-state index is -0.518. The Morgan fingerprint density at radius 3 is 2.70 bits per heavy atom. The summed E-state index contributed by atoms with van der Waals surface area (Å²) in [6, 6.07) is 7.38. The molecule has 0 saturated carbocycles. The average Bonchev–Trinajstić information content (AvgIpc) is 2.42. The highest BCUT2D eigenvalue weighted by atomic mass is 19.1. The zero-order valence-electron chi connectivity index (χ0n) is 11.2. The van der Waals surface area contributed by atoms with Gasteiger partial charge in [-0.1, -0.05) is 12.1 Å². The SMILES string of the molecule is CCNc1ccc([N+](=O)[O-])c(-c2ccc(C)c(F)c2)n1. The topological polar surface area (TPSA) is 68.1 Å². The molecular weight excluding hydrogens is 261 g/mol. The first-order valence-corrected chi connectivity index (χ1v) is 6.18. The second-order valence-electron chi connectivity index (χ2n) is 4.32. The average molecular weight is 275 g/mol. The third kappa shape index (κ3) is 2.74. The number of rotatable bonds is 4. The van der Waals surface area contributed by atoms with Gasteiger partial charge in [0.1, 0.15) is 11.6 Å². The van der Waals surface area contributed by atoms with Crippen molar-refractivity contribution in [2.75, 3.05) is 11.9 Å². The molecule has 2 aromatic rings. The Labute approximate surface area is 115 Å². The van der Waals surface area contributed by atoms with E-state index in [0.29, 0.717) is 23.5 Å². The van der Waals surface area contributed by atoms with E-state index in [1.54, 1.807) is 19.1 Å². The van der Waals surface area contributed by atoms with Crippen LogP contribution >= 0.6 is 0 Å². The number of nitro groups is 1. The Bertz CT molecular complexity index is 659. The summed E-state index contributed by atoms with van der Waals surface area (Å²) in [5, 5.41) is 14.0. The van der Waals surface area contributed by atoms with E-state index in [1.165, 1.54) is 18.2 Å². The molecule has 6 heteroatoms. The molecule has 20 heavy (non-hydrogen) atoms. The predicted octanol–water partition coefficient (Wildman–Crippen LogP) is 3.54. The molecule has 0 fully saturated rings. The molecule has 0 aliphatic heterocycles. The van der Waals surface area contributed by atoms with Crippen LogP contribution < -0.4 is 5.32 Å². The molecule has 0 aliphatic rings. The minimum absolute atomic E-state index is 0.144. The van der Waals surface area contributed by atoms with Crippen LogP contribution in [0.5, 0.6) is 0 Å². The number of hydrogen-bond donors (Lipinski definition) is 1. The van der Waals surface area contributed by atoms with Gasteiger partial charge in [-0.2, -0.15) is 0 Å². The van der Waals surface area contributed by atoms with E-state index in [2.05, 4.69) is 10.3 Å². The van der Waals surface area contributed by atoms with Gasteiger partial charge in [0.05, 0.1) is 4.92 Å². The molecule has 0 atom stereocenters. The summed E-state index contributed by atoms with van der Waals surface area (Å²) in [6.45, 7) is 4.18. The minimum Gasteiger partial charge on any atom is -0.370 e. The molecule has 0 spiro atoms. The third-order valence-corrected chi connectivity index (χ3v) is 2.87. The maximum atomic E-state index is 13.6. The van der Waals surface area contributed by atoms with Crippen molar-refractivity contribution < 1.29 is 9.31 Å². The van der Waals surface area contributed by atoms with Crippen LogP contribution in [0.3, 0.4) is 0 Å². The second kappa shape index (κ2) is 5.64. The number of halogens is 1. The second-order valence-corrected chi connectivity index (χ2v) is 4.32. The van der Waals surface area contributed by atoms with Gasteiger partial charge in [-0.25, -0.2) is 9.37 Å². The van der Waals surface area contributed by atoms with Crippen LogP contribution in [-0.2, 0) is 0 Å². The van der Waals surface area contributed by atoms with Gasteiger partial charge in [0.15, 0.2) is 5.69 Å². The molecule has 0 unspecified atom stereocenters. The maximum Gasteiger partial charge on any atom is 0.295 e. The van der Waals surface area contributed by atoms with Gasteiger partial charge >= 0.3 is 0 Å². The molecule has 0 bridgehead atoms. The smallest absolute Gasteiger partial charge is 0.295 e. The first kappa shape index (κ1) is 13.9. The lowest BCUT2D eigenvalue weighted by atomic mass is 10.1. The molecule has 0 aliphatic carbocycles. The Kier molecular flexibility index (Phi) is 3.93. The zero-order valence-corrected chi connectivity index (χ0v) is 11.2. The van der Waals surface area contributed by atoms with E-state index in [1.807, 2.05) is 6.92 Å². The summed E-state index contributed by atoms with van der Waals surface area (Å²) in [5.41, 5.74) is 0.890. The Morgan fingerprint density at radius 2 is 2.10 bits per heavy atom. The quantitative estimate of drug-likeness (QED) is 0.684. The standard InChI is InChI=1S/C14H14FN3O2/c1-3-16-13-7-6-12(18(19)20)14(17-13)10-5-4-9(2)11(15)8-10/h4-8H,3H2,1-2H3,(H,16,17). The fraction of sp³-hybridized carbons (Fsp3) is 0.214. The van der Waals surface area contributed by atoms with E-state index in [-0.39, 0.29) is 11.4 Å². The van der Waals surface area contributed by atoms with Crippen LogP contribution in [0.1, 0.15) is 12.5 Å². The van der Waals surface area contributed by atoms with Gasteiger partial charge in [-0.05, 0) is 31.5 Å². The van der Waals surface area contributed by atoms with Gasteiger partial charge in [0.25, 0.3) is 5.69 Å². The summed E-state index contributed by atoms with van der Waals surface area (Å²) < 4.78 is 13.6. The summed E-state index contributed by atoms with van der Waals surface area (Å²) in [5.74, 6) is 0.113. The summed E-state index contributed by atoms with van der Waals surface area (Å²) in [4.78, 5) is 14.8. The van der Waals surface area contributed by atoms with Crippen LogP contribution in [0.15, 0.2) is 30.3 Å². The summed E-state index contributed by atoms with van der Waals surface area (Å²) in [7, 11) is 0. The van der Waals surface area contributed by atoms with Gasteiger partial charge in [0, 0.05) is 18.2 Å². The normalized spacial score (nSPS) is 10.3. The molecule has 1 aromatic heterocycles. The van der Waals surface area contributed by atoms with Crippen LogP contribution in [-0.4, -0.2) is 16.5 Å². The number of anilines is 1. The lowest BCUT2D eigenvalue weighted by molar-refractivity contribution is -0.384. The van der Waals surface area contributed by atoms with E-state index in [4.69, 9.17) is 0 Å². The highest BCUT2D eigenvalue weighted by Gasteiger charge is 2.18. The van der Waals surface area contributed by atoms with Crippen LogP contribution in [0.4, 0.5) is 15.9 Å². The van der Waals surface area contributed by atoms with Crippen molar-refractivity contribution in [2.24, 2.45) is 0 Å². The first-order valence-electron chi connectivity index (χ1n) is 6.18. The number of nitrogens with zero attached hydrogens (tertiary/aromatic N) is 2. The molecule has 0 saturated heterocycles. The van der Waals surface area contributed by atoms with E-state index >= 15 is 0 Å². The molecule has 1 N–H and O–H groups in total. The Morgan fingerprint density at radius 1 is 1.35 bits per heavy atom. The number of hydrogen-bond acceptors (Lipinski definition) is 4. The summed E-state index contributed by atoms with van der Waals surface area (Å²) >= 11 is 0. The fourth-order valence-corrected chi connectivity index (χ4v) is 1.83. The van der Waals surface area contributed by atoms with Crippen LogP contribution in [0.2, 0.25) is 0 Å². The number of nitrogens with one attached hydrogen (secondary N) is 1. The molecule has 0 radical (unpaired) electrons. The lowest BCUT2D eigenvalue weighted by Gasteiger charge is -2.07. The lowest BCUT2D eigenvalue weighted by Crippen LogP contribution is -2.02. The molecule has 2 rings (SSSR count). The van der Waals surface area contributed by atoms with Gasteiger partial charge < -0.3 is 5.32 Å². The number of aryl methyl sites for hydroxylation is 1. The monoisotopic (exact) mass is 275 g/mol. The zero-order chi connectivity index (χ0) is 14.7. The number of aromatic nitrogens is 1. The highest BCUT2D eigenvalue weighted by Crippen LogP contribution is 2.30. The fourth-order valence-electron chi connectivity index (χ4n) is 1.83. The van der Waals surface area contributed by atoms with Crippen molar-refractivity contribution in [3.05, 3.63) is 51.8 Å². The van der Waals surface area contributed by atoms with Gasteiger partial charge in [-0.3, -0.25) is 10.1 Å². The first-order chi connectivity index (χ1) is 9.52. The Balaban J connectivity index is 2.59. The van der Waals surface area contributed by atoms with E-state index < -0.39 is 10.7 Å². The van der Waals surface area contributed by atoms with Crippen molar-refractivity contribution in [2.45, 2.75) is 13.8 Å². The maximum absolute atomic E-state index is 13.6. The Hall–Kier alpha value is -2.50. The van der Waals surface area contributed by atoms with Crippen LogP contribution in [0, 0.1) is 22.9 Å². The molecular formula is C14H14FN3O2. The van der Waals surface area contributed by atoms with E-state index in [9.17, 15) is 14.5 Å². The van der Waals surface area contributed by atoms with Gasteiger partial charge in [0.2, 0.25) is 0 Å². The number of pyridine rings is 1. The van der Waals surface area contributed by atoms with Crippen molar-refractivity contribution in [1.82, 2.24) is 4.98 Å². The van der Waals surface area contributed by atoms with Crippen LogP contribution in [0.25, 0.3) is 11.3 Å². The number of benzene rings is 1. The van der Waals surface area contributed by atoms with Crippen molar-refractivity contribution in [3.63, 3.8) is 0 Å². The van der Waals surface area contributed by atoms with Crippen molar-refractivity contribution in [1.29, 1.82) is 0 Å². The van der Waals surface area contributed by atoms with Gasteiger partial charge in [-0.15, -0.1) is 0 Å². The molecule has 5 nitrogen and oxygen atoms in total. The van der Waals surface area contributed by atoms with Crippen molar-refractivity contribution >= 4 is 11.5 Å². The predicted molar refractivity (Wildman–Crippen MR) is 75.2 cm³/mol. The highest BCUT2D eigenvalue weighted by molar-refractivity contribution is 5.71. The third-order valence-electron chi connectivity index (χ3n) is 2.87. The molecule has 1 heterocycles. The largest absolute Gasteiger partial charge is 0.370 e. The molecule has 104 valence electrons. The molecule has 0 amide bonds.